The van der Waals surface area contributed by atoms with Gasteiger partial charge < -0.3 is 14.6 Å². The first kappa shape index (κ1) is 20.5. The molecule has 3 aliphatic rings. The number of amides is 1. The van der Waals surface area contributed by atoms with E-state index in [-0.39, 0.29) is 43.0 Å². The molecule has 154 valence electrons. The molecule has 1 fully saturated rings. The lowest BCUT2D eigenvalue weighted by Crippen LogP contribution is -2.45. The number of carbonyl (C=O) groups is 2. The first-order valence-corrected chi connectivity index (χ1v) is 8.94. The fourth-order valence-electron chi connectivity index (χ4n) is 3.68. The summed E-state index contributed by atoms with van der Waals surface area (Å²) < 4.78 is 49.2. The van der Waals surface area contributed by atoms with E-state index in [0.717, 1.165) is 11.1 Å². The Kier molecular flexibility index (Phi) is 5.90. The van der Waals surface area contributed by atoms with E-state index in [9.17, 15) is 27.9 Å². The first-order chi connectivity index (χ1) is 13.2. The molecule has 2 aliphatic carbocycles. The lowest BCUT2D eigenvalue weighted by molar-refractivity contribution is -0.132. The molecule has 3 rings (SSSR count). The van der Waals surface area contributed by atoms with Crippen molar-refractivity contribution in [1.82, 2.24) is 4.90 Å². The van der Waals surface area contributed by atoms with Crippen LogP contribution in [0.4, 0.5) is 13.2 Å². The van der Waals surface area contributed by atoms with Crippen LogP contribution in [0.3, 0.4) is 0 Å². The van der Waals surface area contributed by atoms with E-state index < -0.39 is 29.7 Å². The van der Waals surface area contributed by atoms with Crippen molar-refractivity contribution >= 4 is 17.4 Å². The molecule has 1 N–H and O–H groups in total. The number of fused-ring (bicyclic) bond motifs is 2. The number of aliphatic imine (C=N–C) groups is 1. The summed E-state index contributed by atoms with van der Waals surface area (Å²) in [5.74, 6) is -2.20. The summed E-state index contributed by atoms with van der Waals surface area (Å²) >= 11 is 0. The molecule has 3 unspecified atom stereocenters. The summed E-state index contributed by atoms with van der Waals surface area (Å²) in [7, 11) is 1.45. The molecule has 0 radical (unpaired) electrons. The Bertz CT molecular complexity index is 744. The number of ether oxygens (including phenoxy) is 2. The van der Waals surface area contributed by atoms with Crippen LogP contribution in [0, 0.1) is 11.8 Å². The monoisotopic (exact) mass is 402 g/mol. The number of hydrogen-bond donors (Lipinski definition) is 1. The second-order valence-electron chi connectivity index (χ2n) is 6.92. The highest BCUT2D eigenvalue weighted by molar-refractivity contribution is 6.21. The maximum Gasteiger partial charge on any atom is 0.433 e. The Hall–Kier alpha value is -2.20. The molecule has 0 aromatic carbocycles. The van der Waals surface area contributed by atoms with Crippen molar-refractivity contribution in [1.29, 1.82) is 0 Å². The van der Waals surface area contributed by atoms with E-state index in [1.807, 2.05) is 0 Å². The van der Waals surface area contributed by atoms with E-state index in [4.69, 9.17) is 9.47 Å². The van der Waals surface area contributed by atoms with Gasteiger partial charge in [-0.15, -0.1) is 0 Å². The van der Waals surface area contributed by atoms with Crippen LogP contribution in [0.2, 0.25) is 0 Å². The van der Waals surface area contributed by atoms with Gasteiger partial charge in [0.05, 0.1) is 19.8 Å². The van der Waals surface area contributed by atoms with Crippen LogP contribution in [-0.2, 0) is 19.1 Å². The standard InChI is InChI=1S/C18H21F3N2O5/c1-27-6-7-28-9-13-22-12(18(19,20)21)4-5-23(13)17(26)14-15(24)10-2-3-11(8-10)16(14)25/h4-5,10-11,13,24H,2-3,6-9H2,1H3. The number of alkyl halides is 3. The molecule has 2 bridgehead atoms. The van der Waals surface area contributed by atoms with Crippen LogP contribution in [0.15, 0.2) is 28.6 Å². The number of hydrogen-bond acceptors (Lipinski definition) is 6. The highest BCUT2D eigenvalue weighted by atomic mass is 19.4. The summed E-state index contributed by atoms with van der Waals surface area (Å²) in [6.07, 6.45) is -2.70. The highest BCUT2D eigenvalue weighted by Gasteiger charge is 2.46. The number of allylic oxidation sites excluding steroid dienone is 2. The SMILES string of the molecule is COCCOCC1N=C(C(F)(F)F)C=CN1C(=O)C1=C(O)C2CCC(C2)C1=O. The second kappa shape index (κ2) is 8.04. The minimum atomic E-state index is -4.68. The third-order valence-electron chi connectivity index (χ3n) is 5.13. The fourth-order valence-corrected chi connectivity index (χ4v) is 3.68. The van der Waals surface area contributed by atoms with Crippen molar-refractivity contribution in [3.8, 4) is 0 Å². The van der Waals surface area contributed by atoms with Crippen LogP contribution in [0.1, 0.15) is 19.3 Å². The molecule has 28 heavy (non-hydrogen) atoms. The Labute approximate surface area is 159 Å². The lowest BCUT2D eigenvalue weighted by Gasteiger charge is -2.31. The number of rotatable bonds is 6. The van der Waals surface area contributed by atoms with Gasteiger partial charge in [0, 0.05) is 25.1 Å². The normalized spacial score (nSPS) is 27.4. The van der Waals surface area contributed by atoms with Crippen molar-refractivity contribution in [2.24, 2.45) is 16.8 Å². The fraction of sp³-hybridized carbons (Fsp3) is 0.611. The quantitative estimate of drug-likeness (QED) is 0.543. The van der Waals surface area contributed by atoms with Gasteiger partial charge in [0.2, 0.25) is 0 Å². The summed E-state index contributed by atoms with van der Waals surface area (Å²) in [5.41, 5.74) is -1.50. The zero-order valence-corrected chi connectivity index (χ0v) is 15.2. The van der Waals surface area contributed by atoms with Crippen LogP contribution in [0.25, 0.3) is 0 Å². The lowest BCUT2D eigenvalue weighted by atomic mass is 9.86. The summed E-state index contributed by atoms with van der Waals surface area (Å²) in [6.45, 7) is 0.0148. The van der Waals surface area contributed by atoms with E-state index in [1.165, 1.54) is 7.11 Å². The minimum absolute atomic E-state index is 0.104. The number of nitrogens with zero attached hydrogens (tertiary/aromatic N) is 2. The van der Waals surface area contributed by atoms with Crippen LogP contribution < -0.4 is 0 Å². The largest absolute Gasteiger partial charge is 0.511 e. The van der Waals surface area contributed by atoms with Gasteiger partial charge in [-0.05, 0) is 25.3 Å². The molecule has 1 aliphatic heterocycles. The number of halogens is 3. The smallest absolute Gasteiger partial charge is 0.433 e. The molecule has 0 aromatic heterocycles. The molecule has 0 aromatic rings. The number of methoxy groups -OCH3 is 1. The van der Waals surface area contributed by atoms with E-state index in [1.54, 1.807) is 0 Å². The molecular formula is C18H21F3N2O5. The number of Topliss-reactive ketones (excluding diaryl/α,β-unsaturated/α-hetero) is 1. The first-order valence-electron chi connectivity index (χ1n) is 8.94. The molecule has 10 heteroatoms. The predicted molar refractivity (Wildman–Crippen MR) is 91.5 cm³/mol. The molecule has 1 heterocycles. The van der Waals surface area contributed by atoms with Gasteiger partial charge in [0.15, 0.2) is 11.9 Å². The van der Waals surface area contributed by atoms with Gasteiger partial charge in [-0.25, -0.2) is 0 Å². The number of aliphatic hydroxyl groups is 1. The summed E-state index contributed by atoms with van der Waals surface area (Å²) in [5, 5.41) is 10.4. The third kappa shape index (κ3) is 3.97. The third-order valence-corrected chi connectivity index (χ3v) is 5.13. The molecule has 1 amide bonds. The maximum atomic E-state index is 13.0. The van der Waals surface area contributed by atoms with E-state index in [2.05, 4.69) is 4.99 Å². The van der Waals surface area contributed by atoms with Gasteiger partial charge in [0.25, 0.3) is 5.91 Å². The molecule has 0 spiro atoms. The van der Waals surface area contributed by atoms with Gasteiger partial charge in [-0.2, -0.15) is 13.2 Å². The van der Waals surface area contributed by atoms with Gasteiger partial charge in [-0.1, -0.05) is 0 Å². The summed E-state index contributed by atoms with van der Waals surface area (Å²) in [4.78, 5) is 30.0. The Morgan fingerprint density at radius 3 is 2.71 bits per heavy atom. The number of aliphatic hydroxyl groups excluding tert-OH is 1. The topological polar surface area (TPSA) is 88.4 Å². The zero-order valence-electron chi connectivity index (χ0n) is 15.2. The van der Waals surface area contributed by atoms with E-state index >= 15 is 0 Å². The zero-order chi connectivity index (χ0) is 20.5. The van der Waals surface area contributed by atoms with Crippen molar-refractivity contribution < 1.29 is 37.3 Å². The van der Waals surface area contributed by atoms with Crippen LogP contribution >= 0.6 is 0 Å². The molecule has 0 saturated heterocycles. The molecular weight excluding hydrogens is 381 g/mol. The predicted octanol–water partition coefficient (Wildman–Crippen LogP) is 2.15. The van der Waals surface area contributed by atoms with Crippen LogP contribution in [-0.4, -0.2) is 66.7 Å². The van der Waals surface area contributed by atoms with Gasteiger partial charge in [0.1, 0.15) is 17.0 Å². The number of ketones is 1. The van der Waals surface area contributed by atoms with E-state index in [0.29, 0.717) is 25.3 Å². The van der Waals surface area contributed by atoms with Gasteiger partial charge >= 0.3 is 6.18 Å². The highest BCUT2D eigenvalue weighted by Crippen LogP contribution is 2.43. The maximum absolute atomic E-state index is 13.0. The minimum Gasteiger partial charge on any atom is -0.511 e. The molecule has 3 atom stereocenters. The Morgan fingerprint density at radius 2 is 2.04 bits per heavy atom. The van der Waals surface area contributed by atoms with Crippen LogP contribution in [0.5, 0.6) is 0 Å². The van der Waals surface area contributed by atoms with Crippen molar-refractivity contribution in [3.63, 3.8) is 0 Å². The average molecular weight is 402 g/mol. The van der Waals surface area contributed by atoms with Crippen molar-refractivity contribution in [2.45, 2.75) is 31.6 Å². The van der Waals surface area contributed by atoms with Crippen molar-refractivity contribution in [3.05, 3.63) is 23.6 Å². The molecule has 7 nitrogen and oxygen atoms in total. The van der Waals surface area contributed by atoms with Crippen molar-refractivity contribution in [2.75, 3.05) is 26.9 Å². The van der Waals surface area contributed by atoms with Gasteiger partial charge in [-0.3, -0.25) is 19.5 Å². The second-order valence-corrected chi connectivity index (χ2v) is 6.92. The molecule has 1 saturated carbocycles. The number of carbonyl (C=O) groups excluding carboxylic acids is 2. The summed E-state index contributed by atoms with van der Waals surface area (Å²) in [6, 6.07) is 0. The Morgan fingerprint density at radius 1 is 1.32 bits per heavy atom. The Balaban J connectivity index is 1.85. The average Bonchev–Trinajstić information content (AvgIpc) is 3.10.